The van der Waals surface area contributed by atoms with E-state index in [9.17, 15) is 4.79 Å². The summed E-state index contributed by atoms with van der Waals surface area (Å²) in [5.41, 5.74) is 6.18. The second-order valence-corrected chi connectivity index (χ2v) is 4.38. The molecule has 3 rings (SSSR count). The van der Waals surface area contributed by atoms with E-state index in [1.165, 1.54) is 0 Å². The van der Waals surface area contributed by atoms with Crippen LogP contribution in [0.5, 0.6) is 11.5 Å². The molecular formula is C12H14N2O3. The van der Waals surface area contributed by atoms with Crippen LogP contribution in [0.1, 0.15) is 10.4 Å². The fourth-order valence-corrected chi connectivity index (χ4v) is 2.10. The molecule has 5 nitrogen and oxygen atoms in total. The molecule has 0 spiro atoms. The van der Waals surface area contributed by atoms with Gasteiger partial charge in [-0.25, -0.2) is 0 Å². The van der Waals surface area contributed by atoms with Crippen LogP contribution >= 0.6 is 0 Å². The van der Waals surface area contributed by atoms with Gasteiger partial charge in [0.15, 0.2) is 11.5 Å². The number of rotatable bonds is 2. The summed E-state index contributed by atoms with van der Waals surface area (Å²) >= 11 is 0. The summed E-state index contributed by atoms with van der Waals surface area (Å²) in [5, 5.41) is 0. The fraction of sp³-hybridized carbons (Fsp3) is 0.417. The maximum absolute atomic E-state index is 12.1. The summed E-state index contributed by atoms with van der Waals surface area (Å²) in [5.74, 6) is 1.83. The molecule has 0 atom stereocenters. The zero-order chi connectivity index (χ0) is 11.8. The molecule has 0 aliphatic carbocycles. The van der Waals surface area contributed by atoms with Crippen molar-refractivity contribution in [3.63, 3.8) is 0 Å². The summed E-state index contributed by atoms with van der Waals surface area (Å²) in [6.07, 6.45) is 0. The number of carbonyl (C=O) groups is 1. The molecule has 1 fully saturated rings. The number of hydrogen-bond donors (Lipinski definition) is 1. The lowest BCUT2D eigenvalue weighted by Gasteiger charge is -2.38. The highest BCUT2D eigenvalue weighted by atomic mass is 16.7. The van der Waals surface area contributed by atoms with E-state index < -0.39 is 0 Å². The molecule has 2 aliphatic heterocycles. The maximum Gasteiger partial charge on any atom is 0.254 e. The standard InChI is InChI=1S/C12H14N2O3/c13-4-8-5-14(6-8)12(15)9-1-2-10-11(3-9)17-7-16-10/h1-3,8H,4-7,13H2. The molecule has 2 N–H and O–H groups in total. The molecular weight excluding hydrogens is 220 g/mol. The van der Waals surface area contributed by atoms with E-state index in [1.807, 2.05) is 0 Å². The Balaban J connectivity index is 1.74. The van der Waals surface area contributed by atoms with E-state index in [0.29, 0.717) is 29.5 Å². The monoisotopic (exact) mass is 234 g/mol. The Morgan fingerprint density at radius 2 is 2.12 bits per heavy atom. The first-order valence-corrected chi connectivity index (χ1v) is 5.67. The van der Waals surface area contributed by atoms with Crippen molar-refractivity contribution in [3.8, 4) is 11.5 Å². The van der Waals surface area contributed by atoms with Gasteiger partial charge in [-0.3, -0.25) is 4.79 Å². The minimum atomic E-state index is 0.0352. The van der Waals surface area contributed by atoms with Crippen LogP contribution in [0.15, 0.2) is 18.2 Å². The average Bonchev–Trinajstić information content (AvgIpc) is 2.74. The van der Waals surface area contributed by atoms with Crippen molar-refractivity contribution in [2.24, 2.45) is 11.7 Å². The van der Waals surface area contributed by atoms with Crippen molar-refractivity contribution in [2.75, 3.05) is 26.4 Å². The number of ether oxygens (including phenoxy) is 2. The van der Waals surface area contributed by atoms with Crippen molar-refractivity contribution < 1.29 is 14.3 Å². The normalized spacial score (nSPS) is 18.1. The van der Waals surface area contributed by atoms with Gasteiger partial charge in [-0.05, 0) is 24.7 Å². The Kier molecular flexibility index (Phi) is 2.40. The lowest BCUT2D eigenvalue weighted by atomic mass is 9.99. The van der Waals surface area contributed by atoms with Gasteiger partial charge in [0.2, 0.25) is 6.79 Å². The minimum absolute atomic E-state index is 0.0352. The lowest BCUT2D eigenvalue weighted by Crippen LogP contribution is -2.52. The van der Waals surface area contributed by atoms with Crippen molar-refractivity contribution in [1.29, 1.82) is 0 Å². The quantitative estimate of drug-likeness (QED) is 0.806. The predicted molar refractivity (Wildman–Crippen MR) is 61.0 cm³/mol. The number of nitrogens with zero attached hydrogens (tertiary/aromatic N) is 1. The van der Waals surface area contributed by atoms with Crippen LogP contribution in [0.2, 0.25) is 0 Å². The lowest BCUT2D eigenvalue weighted by molar-refractivity contribution is 0.0515. The van der Waals surface area contributed by atoms with Gasteiger partial charge in [0.1, 0.15) is 0 Å². The van der Waals surface area contributed by atoms with Gasteiger partial charge in [0.25, 0.3) is 5.91 Å². The largest absolute Gasteiger partial charge is 0.454 e. The number of likely N-dealkylation sites (tertiary alicyclic amines) is 1. The first kappa shape index (κ1) is 10.4. The summed E-state index contributed by atoms with van der Waals surface area (Å²) in [7, 11) is 0. The van der Waals surface area contributed by atoms with Gasteiger partial charge in [0.05, 0.1) is 0 Å². The summed E-state index contributed by atoms with van der Waals surface area (Å²) in [6, 6.07) is 5.28. The highest BCUT2D eigenvalue weighted by molar-refractivity contribution is 5.95. The number of hydrogen-bond acceptors (Lipinski definition) is 4. The van der Waals surface area contributed by atoms with Crippen LogP contribution in [-0.2, 0) is 0 Å². The van der Waals surface area contributed by atoms with Crippen molar-refractivity contribution in [3.05, 3.63) is 23.8 Å². The molecule has 1 amide bonds. The Bertz CT molecular complexity index is 455. The third-order valence-electron chi connectivity index (χ3n) is 3.20. The van der Waals surface area contributed by atoms with Crippen LogP contribution < -0.4 is 15.2 Å². The van der Waals surface area contributed by atoms with Gasteiger partial charge in [-0.15, -0.1) is 0 Å². The van der Waals surface area contributed by atoms with Crippen LogP contribution in [0.3, 0.4) is 0 Å². The molecule has 17 heavy (non-hydrogen) atoms. The van der Waals surface area contributed by atoms with Crippen molar-refractivity contribution in [2.45, 2.75) is 0 Å². The number of amides is 1. The Morgan fingerprint density at radius 3 is 2.88 bits per heavy atom. The molecule has 1 aromatic carbocycles. The molecule has 90 valence electrons. The van der Waals surface area contributed by atoms with Crippen molar-refractivity contribution in [1.82, 2.24) is 4.90 Å². The average molecular weight is 234 g/mol. The van der Waals surface area contributed by atoms with Gasteiger partial charge < -0.3 is 20.1 Å². The third kappa shape index (κ3) is 1.72. The van der Waals surface area contributed by atoms with Gasteiger partial charge in [-0.1, -0.05) is 0 Å². The molecule has 5 heteroatoms. The summed E-state index contributed by atoms with van der Waals surface area (Å²) < 4.78 is 10.5. The zero-order valence-corrected chi connectivity index (χ0v) is 9.39. The van der Waals surface area contributed by atoms with E-state index in [2.05, 4.69) is 0 Å². The molecule has 0 bridgehead atoms. The number of nitrogens with two attached hydrogens (primary N) is 1. The smallest absolute Gasteiger partial charge is 0.254 e. The second kappa shape index (κ2) is 3.92. The molecule has 1 saturated heterocycles. The molecule has 0 aromatic heterocycles. The molecule has 0 saturated carbocycles. The van der Waals surface area contributed by atoms with Gasteiger partial charge >= 0.3 is 0 Å². The highest BCUT2D eigenvalue weighted by Gasteiger charge is 2.30. The maximum atomic E-state index is 12.1. The number of fused-ring (bicyclic) bond motifs is 1. The van der Waals surface area contributed by atoms with Gasteiger partial charge in [-0.2, -0.15) is 0 Å². The van der Waals surface area contributed by atoms with Crippen LogP contribution in [0, 0.1) is 5.92 Å². The fourth-order valence-electron chi connectivity index (χ4n) is 2.10. The zero-order valence-electron chi connectivity index (χ0n) is 9.39. The second-order valence-electron chi connectivity index (χ2n) is 4.38. The minimum Gasteiger partial charge on any atom is -0.454 e. The Labute approximate surface area is 99.1 Å². The molecule has 2 heterocycles. The molecule has 0 unspecified atom stereocenters. The van der Waals surface area contributed by atoms with Crippen LogP contribution in [0.4, 0.5) is 0 Å². The summed E-state index contributed by atoms with van der Waals surface area (Å²) in [6.45, 7) is 2.38. The van der Waals surface area contributed by atoms with Gasteiger partial charge in [0, 0.05) is 24.6 Å². The third-order valence-corrected chi connectivity index (χ3v) is 3.20. The Morgan fingerprint density at radius 1 is 1.35 bits per heavy atom. The van der Waals surface area contributed by atoms with E-state index >= 15 is 0 Å². The van der Waals surface area contributed by atoms with E-state index in [-0.39, 0.29) is 12.7 Å². The van der Waals surface area contributed by atoms with Crippen LogP contribution in [0.25, 0.3) is 0 Å². The first-order valence-electron chi connectivity index (χ1n) is 5.67. The predicted octanol–water partition coefficient (Wildman–Crippen LogP) is 0.446. The highest BCUT2D eigenvalue weighted by Crippen LogP contribution is 2.33. The van der Waals surface area contributed by atoms with Crippen molar-refractivity contribution >= 4 is 5.91 Å². The van der Waals surface area contributed by atoms with Crippen LogP contribution in [-0.4, -0.2) is 37.2 Å². The number of benzene rings is 1. The molecule has 2 aliphatic rings. The summed E-state index contributed by atoms with van der Waals surface area (Å²) in [4.78, 5) is 13.9. The number of carbonyl (C=O) groups excluding carboxylic acids is 1. The van der Waals surface area contributed by atoms with E-state index in [1.54, 1.807) is 23.1 Å². The molecule has 1 aromatic rings. The SMILES string of the molecule is NCC1CN(C(=O)c2ccc3c(c2)OCO3)C1. The van der Waals surface area contributed by atoms with E-state index in [0.717, 1.165) is 13.1 Å². The Hall–Kier alpha value is -1.75. The first-order chi connectivity index (χ1) is 8.28. The van der Waals surface area contributed by atoms with E-state index in [4.69, 9.17) is 15.2 Å². The molecule has 0 radical (unpaired) electrons. The topological polar surface area (TPSA) is 64.8 Å².